The van der Waals surface area contributed by atoms with Gasteiger partial charge in [-0.1, -0.05) is 0 Å². The molecule has 1 saturated carbocycles. The highest BCUT2D eigenvalue weighted by atomic mass is 16.6. The summed E-state index contributed by atoms with van der Waals surface area (Å²) in [7, 11) is 0. The molecule has 1 aromatic heterocycles. The zero-order chi connectivity index (χ0) is 14.8. The molecule has 2 N–H and O–H groups in total. The van der Waals surface area contributed by atoms with E-state index in [-0.39, 0.29) is 11.2 Å². The van der Waals surface area contributed by atoms with Crippen LogP contribution in [0.5, 0.6) is 0 Å². The van der Waals surface area contributed by atoms with E-state index >= 15 is 0 Å². The minimum atomic E-state index is -0.449. The molecule has 1 aromatic carbocycles. The van der Waals surface area contributed by atoms with Crippen LogP contribution in [0.2, 0.25) is 0 Å². The van der Waals surface area contributed by atoms with Crippen LogP contribution in [0.1, 0.15) is 18.4 Å². The number of nitro benzene ring substituents is 1. The van der Waals surface area contributed by atoms with E-state index in [1.54, 1.807) is 18.2 Å². The van der Waals surface area contributed by atoms with Crippen LogP contribution in [0.15, 0.2) is 35.1 Å². The fourth-order valence-corrected chi connectivity index (χ4v) is 2.02. The number of H-pyrrole nitrogens is 1. The fourth-order valence-electron chi connectivity index (χ4n) is 2.02. The monoisotopic (exact) mass is 286 g/mol. The Kier molecular flexibility index (Phi) is 3.49. The van der Waals surface area contributed by atoms with Crippen LogP contribution < -0.4 is 10.9 Å². The summed E-state index contributed by atoms with van der Waals surface area (Å²) < 4.78 is 0. The van der Waals surface area contributed by atoms with Gasteiger partial charge in [0.05, 0.1) is 10.6 Å². The van der Waals surface area contributed by atoms with Crippen molar-refractivity contribution in [3.8, 4) is 11.3 Å². The zero-order valence-corrected chi connectivity index (χ0v) is 11.2. The molecule has 21 heavy (non-hydrogen) atoms. The van der Waals surface area contributed by atoms with E-state index in [0.717, 1.165) is 18.4 Å². The van der Waals surface area contributed by atoms with E-state index in [9.17, 15) is 14.9 Å². The topological polar surface area (TPSA) is 101 Å². The van der Waals surface area contributed by atoms with Crippen LogP contribution in [0, 0.1) is 10.1 Å². The number of aromatic amines is 1. The van der Waals surface area contributed by atoms with Crippen molar-refractivity contribution in [2.24, 2.45) is 0 Å². The molecule has 7 heteroatoms. The number of rotatable bonds is 5. The second kappa shape index (κ2) is 5.45. The molecule has 1 aliphatic carbocycles. The number of hydrogen-bond acceptors (Lipinski definition) is 5. The summed E-state index contributed by atoms with van der Waals surface area (Å²) in [6, 6.07) is 8.32. The molecule has 7 nitrogen and oxygen atoms in total. The van der Waals surface area contributed by atoms with Crippen molar-refractivity contribution < 1.29 is 4.92 Å². The number of nitrogens with zero attached hydrogens (tertiary/aromatic N) is 2. The normalized spacial score (nSPS) is 14.1. The summed E-state index contributed by atoms with van der Waals surface area (Å²) in [5.74, 6) is 0. The Morgan fingerprint density at radius 3 is 2.67 bits per heavy atom. The van der Waals surface area contributed by atoms with Crippen LogP contribution >= 0.6 is 0 Å². The Labute approximate surface area is 120 Å². The Hall–Kier alpha value is -2.54. The summed E-state index contributed by atoms with van der Waals surface area (Å²) >= 11 is 0. The summed E-state index contributed by atoms with van der Waals surface area (Å²) in [5.41, 5.74) is 1.75. The summed E-state index contributed by atoms with van der Waals surface area (Å²) in [6.45, 7) is 0.502. The van der Waals surface area contributed by atoms with Gasteiger partial charge in [0.1, 0.15) is 0 Å². The van der Waals surface area contributed by atoms with Gasteiger partial charge in [0.25, 0.3) is 11.2 Å². The fraction of sp³-hybridized carbons (Fsp3) is 0.286. The summed E-state index contributed by atoms with van der Waals surface area (Å²) in [6.07, 6.45) is 2.30. The van der Waals surface area contributed by atoms with Gasteiger partial charge in [0.2, 0.25) is 0 Å². The summed E-state index contributed by atoms with van der Waals surface area (Å²) in [4.78, 5) is 21.9. The second-order valence-corrected chi connectivity index (χ2v) is 5.07. The van der Waals surface area contributed by atoms with Gasteiger partial charge in [-0.2, -0.15) is 5.10 Å². The molecule has 0 amide bonds. The van der Waals surface area contributed by atoms with E-state index in [4.69, 9.17) is 0 Å². The van der Waals surface area contributed by atoms with E-state index in [2.05, 4.69) is 15.5 Å². The predicted octanol–water partition coefficient (Wildman–Crippen LogP) is 1.60. The van der Waals surface area contributed by atoms with Gasteiger partial charge in [0, 0.05) is 35.8 Å². The average Bonchev–Trinajstić information content (AvgIpc) is 3.31. The van der Waals surface area contributed by atoms with Crippen LogP contribution in [-0.4, -0.2) is 21.2 Å². The lowest BCUT2D eigenvalue weighted by Gasteiger charge is -2.05. The molecule has 1 heterocycles. The lowest BCUT2D eigenvalue weighted by Crippen LogP contribution is -2.23. The van der Waals surface area contributed by atoms with Crippen molar-refractivity contribution in [1.29, 1.82) is 0 Å². The quantitative estimate of drug-likeness (QED) is 0.642. The van der Waals surface area contributed by atoms with Crippen LogP contribution in [0.4, 0.5) is 5.69 Å². The van der Waals surface area contributed by atoms with Crippen molar-refractivity contribution in [3.05, 3.63) is 56.4 Å². The molecule has 0 unspecified atom stereocenters. The van der Waals surface area contributed by atoms with Gasteiger partial charge in [-0.3, -0.25) is 14.9 Å². The van der Waals surface area contributed by atoms with E-state index in [1.165, 1.54) is 12.1 Å². The van der Waals surface area contributed by atoms with Gasteiger partial charge in [0.15, 0.2) is 0 Å². The first-order valence-corrected chi connectivity index (χ1v) is 6.70. The van der Waals surface area contributed by atoms with Crippen molar-refractivity contribution >= 4 is 5.69 Å². The van der Waals surface area contributed by atoms with Crippen LogP contribution in [0.3, 0.4) is 0 Å². The maximum absolute atomic E-state index is 11.7. The average molecular weight is 286 g/mol. The number of nitro groups is 1. The van der Waals surface area contributed by atoms with E-state index < -0.39 is 4.92 Å². The molecule has 3 rings (SSSR count). The number of benzene rings is 1. The molecule has 1 fully saturated rings. The highest BCUT2D eigenvalue weighted by molar-refractivity contribution is 5.60. The molecule has 0 atom stereocenters. The lowest BCUT2D eigenvalue weighted by atomic mass is 10.1. The first-order valence-electron chi connectivity index (χ1n) is 6.70. The molecule has 108 valence electrons. The van der Waals surface area contributed by atoms with E-state index in [0.29, 0.717) is 23.8 Å². The third kappa shape index (κ3) is 3.14. The third-order valence-corrected chi connectivity index (χ3v) is 3.41. The Morgan fingerprint density at radius 1 is 1.33 bits per heavy atom. The standard InChI is InChI=1S/C14H14N4O3/c19-14-10(8-15-11-3-4-11)7-13(16-17-14)9-1-5-12(6-2-9)18(20)21/h1-2,5-7,11,15H,3-4,8H2,(H,17,19). The van der Waals surface area contributed by atoms with Gasteiger partial charge in [-0.25, -0.2) is 5.10 Å². The SMILES string of the molecule is O=c1[nH]nc(-c2ccc([N+](=O)[O-])cc2)cc1CNC1CC1. The van der Waals surface area contributed by atoms with Crippen LogP contribution in [0.25, 0.3) is 11.3 Å². The first-order chi connectivity index (χ1) is 10.1. The Morgan fingerprint density at radius 2 is 2.05 bits per heavy atom. The lowest BCUT2D eigenvalue weighted by molar-refractivity contribution is -0.384. The minimum Gasteiger partial charge on any atom is -0.310 e. The largest absolute Gasteiger partial charge is 0.310 e. The Bertz CT molecular complexity index is 720. The van der Waals surface area contributed by atoms with Gasteiger partial charge in [-0.15, -0.1) is 0 Å². The van der Waals surface area contributed by atoms with Crippen molar-refractivity contribution in [3.63, 3.8) is 0 Å². The Balaban J connectivity index is 1.85. The third-order valence-electron chi connectivity index (χ3n) is 3.41. The highest BCUT2D eigenvalue weighted by Gasteiger charge is 2.20. The molecule has 0 aliphatic heterocycles. The molecule has 2 aromatic rings. The van der Waals surface area contributed by atoms with Gasteiger partial charge >= 0.3 is 0 Å². The van der Waals surface area contributed by atoms with Crippen molar-refractivity contribution in [2.45, 2.75) is 25.4 Å². The molecule has 0 spiro atoms. The molecule has 0 saturated heterocycles. The number of nitrogens with one attached hydrogen (secondary N) is 2. The number of hydrogen-bond donors (Lipinski definition) is 2. The maximum Gasteiger partial charge on any atom is 0.269 e. The number of non-ortho nitro benzene ring substituents is 1. The minimum absolute atomic E-state index is 0.0267. The number of aromatic nitrogens is 2. The molecule has 1 aliphatic rings. The van der Waals surface area contributed by atoms with Crippen molar-refractivity contribution in [2.75, 3.05) is 0 Å². The van der Waals surface area contributed by atoms with Gasteiger partial charge < -0.3 is 5.32 Å². The molecular weight excluding hydrogens is 272 g/mol. The molecule has 0 radical (unpaired) electrons. The molecule has 0 bridgehead atoms. The smallest absolute Gasteiger partial charge is 0.269 e. The zero-order valence-electron chi connectivity index (χ0n) is 11.2. The van der Waals surface area contributed by atoms with E-state index in [1.807, 2.05) is 0 Å². The highest BCUT2D eigenvalue weighted by Crippen LogP contribution is 2.21. The van der Waals surface area contributed by atoms with Crippen molar-refractivity contribution in [1.82, 2.24) is 15.5 Å². The maximum atomic E-state index is 11.7. The second-order valence-electron chi connectivity index (χ2n) is 5.07. The van der Waals surface area contributed by atoms with Gasteiger partial charge in [-0.05, 0) is 31.0 Å². The summed E-state index contributed by atoms with van der Waals surface area (Å²) in [5, 5.41) is 20.4. The predicted molar refractivity (Wildman–Crippen MR) is 76.8 cm³/mol. The molecular formula is C14H14N4O3. The first kappa shape index (κ1) is 13.4. The van der Waals surface area contributed by atoms with Crippen LogP contribution in [-0.2, 0) is 6.54 Å².